The lowest BCUT2D eigenvalue weighted by Gasteiger charge is -2.33. The van der Waals surface area contributed by atoms with Gasteiger partial charge < -0.3 is 10.2 Å². The largest absolute Gasteiger partial charge is 0.367 e. The van der Waals surface area contributed by atoms with E-state index < -0.39 is 11.6 Å². The van der Waals surface area contributed by atoms with E-state index in [0.29, 0.717) is 17.5 Å². The second-order valence-corrected chi connectivity index (χ2v) is 7.49. The van der Waals surface area contributed by atoms with Gasteiger partial charge in [0.2, 0.25) is 0 Å². The van der Waals surface area contributed by atoms with Crippen LogP contribution in [-0.4, -0.2) is 25.7 Å². The summed E-state index contributed by atoms with van der Waals surface area (Å²) in [6.07, 6.45) is 4.47. The molecule has 3 aliphatic rings. The Bertz CT molecular complexity index is 813. The predicted octanol–water partition coefficient (Wildman–Crippen LogP) is 4.23. The number of aryl methyl sites for hydroxylation is 1. The maximum atomic E-state index is 14.4. The van der Waals surface area contributed by atoms with Crippen LogP contribution in [0.3, 0.4) is 0 Å². The van der Waals surface area contributed by atoms with Crippen LogP contribution >= 0.6 is 0 Å². The molecule has 0 spiro atoms. The van der Waals surface area contributed by atoms with Crippen molar-refractivity contribution in [1.29, 1.82) is 0 Å². The molecule has 0 radical (unpaired) electrons. The topological polar surface area (TPSA) is 15.3 Å². The summed E-state index contributed by atoms with van der Waals surface area (Å²) in [5.74, 6) is -0.529. The van der Waals surface area contributed by atoms with Crippen LogP contribution < -0.4 is 10.2 Å². The lowest BCUT2D eigenvalue weighted by molar-refractivity contribution is 0.401. The van der Waals surface area contributed by atoms with Crippen LogP contribution in [0.1, 0.15) is 36.3 Å². The van der Waals surface area contributed by atoms with Crippen molar-refractivity contribution in [3.05, 3.63) is 53.1 Å². The molecule has 3 aliphatic heterocycles. The summed E-state index contributed by atoms with van der Waals surface area (Å²) in [6.45, 7) is 3.11. The smallest absolute Gasteiger partial charge is 0.133 e. The number of nitrogens with zero attached hydrogens (tertiary/aromatic N) is 1. The van der Waals surface area contributed by atoms with E-state index >= 15 is 0 Å². The average Bonchev–Trinajstić information content (AvgIpc) is 2.77. The number of rotatable bonds is 1. The fraction of sp³-hybridized carbons (Fsp3) is 0.429. The lowest BCUT2D eigenvalue weighted by atomic mass is 9.87. The number of nitrogens with one attached hydrogen (secondary N) is 1. The van der Waals surface area contributed by atoms with Gasteiger partial charge in [0.25, 0.3) is 0 Å². The summed E-state index contributed by atoms with van der Waals surface area (Å²) in [7, 11) is 0. The zero-order valence-corrected chi connectivity index (χ0v) is 14.2. The van der Waals surface area contributed by atoms with Gasteiger partial charge in [-0.15, -0.1) is 0 Å². The number of halogens is 2. The molecule has 2 aromatic carbocycles. The van der Waals surface area contributed by atoms with Crippen LogP contribution in [0.15, 0.2) is 30.3 Å². The highest BCUT2D eigenvalue weighted by Gasteiger charge is 2.41. The molecule has 0 amide bonds. The molecule has 4 heteroatoms. The van der Waals surface area contributed by atoms with Crippen molar-refractivity contribution >= 4 is 5.69 Å². The normalized spacial score (nSPS) is 24.6. The van der Waals surface area contributed by atoms with Crippen molar-refractivity contribution in [3.8, 4) is 11.1 Å². The van der Waals surface area contributed by atoms with E-state index in [1.54, 1.807) is 0 Å². The molecule has 1 N–H and O–H groups in total. The SMILES string of the molecule is Fc1cccc(F)c1-c1cc2c3c(c1)[C@@H]1CNCC[C@@H]1N3CCCC2. The third-order valence-electron chi connectivity index (χ3n) is 6.10. The van der Waals surface area contributed by atoms with Crippen molar-refractivity contribution < 1.29 is 8.78 Å². The second kappa shape index (κ2) is 5.80. The Labute approximate surface area is 146 Å². The highest BCUT2D eigenvalue weighted by atomic mass is 19.1. The molecule has 2 aromatic rings. The Morgan fingerprint density at radius 2 is 1.92 bits per heavy atom. The molecular weight excluding hydrogens is 318 g/mol. The predicted molar refractivity (Wildman–Crippen MR) is 96.1 cm³/mol. The van der Waals surface area contributed by atoms with Gasteiger partial charge in [-0.3, -0.25) is 0 Å². The number of anilines is 1. The van der Waals surface area contributed by atoms with Crippen molar-refractivity contribution in [1.82, 2.24) is 5.32 Å². The fourth-order valence-electron chi connectivity index (χ4n) is 5.04. The number of fused-ring (bicyclic) bond motifs is 3. The van der Waals surface area contributed by atoms with Crippen LogP contribution in [0.4, 0.5) is 14.5 Å². The van der Waals surface area contributed by atoms with E-state index in [4.69, 9.17) is 0 Å². The molecule has 0 aliphatic carbocycles. The van der Waals surface area contributed by atoms with Crippen LogP contribution in [0, 0.1) is 11.6 Å². The van der Waals surface area contributed by atoms with E-state index in [2.05, 4.69) is 16.3 Å². The molecule has 2 nitrogen and oxygen atoms in total. The molecule has 1 saturated heterocycles. The van der Waals surface area contributed by atoms with Gasteiger partial charge in [0.15, 0.2) is 0 Å². The van der Waals surface area contributed by atoms with Gasteiger partial charge in [0, 0.05) is 30.7 Å². The molecular formula is C21H22F2N2. The Balaban J connectivity index is 1.72. The number of piperidine rings is 1. The van der Waals surface area contributed by atoms with Crippen molar-refractivity contribution in [2.45, 2.75) is 37.6 Å². The first-order chi connectivity index (χ1) is 12.2. The maximum absolute atomic E-state index is 14.4. The van der Waals surface area contributed by atoms with Gasteiger partial charge in [0.1, 0.15) is 11.6 Å². The summed E-state index contributed by atoms with van der Waals surface area (Å²) in [5.41, 5.74) is 4.72. The van der Waals surface area contributed by atoms with E-state index in [9.17, 15) is 8.78 Å². The zero-order chi connectivity index (χ0) is 17.0. The molecule has 5 rings (SSSR count). The molecule has 0 aromatic heterocycles. The van der Waals surface area contributed by atoms with E-state index in [0.717, 1.165) is 38.9 Å². The monoisotopic (exact) mass is 340 g/mol. The van der Waals surface area contributed by atoms with Crippen LogP contribution in [0.25, 0.3) is 11.1 Å². The summed E-state index contributed by atoms with van der Waals surface area (Å²) < 4.78 is 28.7. The Morgan fingerprint density at radius 3 is 2.76 bits per heavy atom. The maximum Gasteiger partial charge on any atom is 0.133 e. The van der Waals surface area contributed by atoms with Crippen LogP contribution in [-0.2, 0) is 6.42 Å². The number of benzene rings is 2. The summed E-state index contributed by atoms with van der Waals surface area (Å²) >= 11 is 0. The first-order valence-corrected chi connectivity index (χ1v) is 9.32. The summed E-state index contributed by atoms with van der Waals surface area (Å²) in [5, 5.41) is 3.50. The minimum Gasteiger partial charge on any atom is -0.367 e. The summed E-state index contributed by atoms with van der Waals surface area (Å²) in [6, 6.07) is 8.74. The lowest BCUT2D eigenvalue weighted by Crippen LogP contribution is -2.44. The average molecular weight is 340 g/mol. The number of hydrogen-bond acceptors (Lipinski definition) is 2. The third kappa shape index (κ3) is 2.30. The van der Waals surface area contributed by atoms with Gasteiger partial charge in [-0.1, -0.05) is 6.07 Å². The first-order valence-electron chi connectivity index (χ1n) is 9.32. The van der Waals surface area contributed by atoms with Gasteiger partial charge >= 0.3 is 0 Å². The molecule has 0 saturated carbocycles. The quantitative estimate of drug-likeness (QED) is 0.836. The van der Waals surface area contributed by atoms with Crippen LogP contribution in [0.5, 0.6) is 0 Å². The Morgan fingerprint density at radius 1 is 1.08 bits per heavy atom. The van der Waals surface area contributed by atoms with Crippen molar-refractivity contribution in [2.24, 2.45) is 0 Å². The van der Waals surface area contributed by atoms with E-state index in [1.807, 2.05) is 6.07 Å². The minimum atomic E-state index is -0.478. The van der Waals surface area contributed by atoms with Crippen molar-refractivity contribution in [3.63, 3.8) is 0 Å². The molecule has 1 fully saturated rings. The molecule has 25 heavy (non-hydrogen) atoms. The molecule has 0 bridgehead atoms. The van der Waals surface area contributed by atoms with E-state index in [1.165, 1.54) is 41.4 Å². The Kier molecular flexibility index (Phi) is 3.56. The minimum absolute atomic E-state index is 0.115. The molecule has 130 valence electrons. The highest BCUT2D eigenvalue weighted by Crippen LogP contribution is 2.48. The molecule has 0 unspecified atom stereocenters. The number of hydrogen-bond donors (Lipinski definition) is 1. The zero-order valence-electron chi connectivity index (χ0n) is 14.2. The molecule has 2 atom stereocenters. The summed E-state index contributed by atoms with van der Waals surface area (Å²) in [4.78, 5) is 2.59. The van der Waals surface area contributed by atoms with Gasteiger partial charge in [-0.2, -0.15) is 0 Å². The Hall–Kier alpha value is -1.94. The standard InChI is InChI=1S/C21H22F2N2/c22-17-5-3-6-18(23)20(17)14-10-13-4-1-2-9-25-19-7-8-24-12-16(19)15(11-14)21(13)25/h3,5-6,10-11,16,19,24H,1-2,4,7-9,12H2/t16-,19-/m0/s1. The highest BCUT2D eigenvalue weighted by molar-refractivity contribution is 5.76. The van der Waals surface area contributed by atoms with E-state index in [-0.39, 0.29) is 5.56 Å². The van der Waals surface area contributed by atoms with Crippen molar-refractivity contribution in [2.75, 3.05) is 24.5 Å². The second-order valence-electron chi connectivity index (χ2n) is 7.49. The third-order valence-corrected chi connectivity index (χ3v) is 6.10. The van der Waals surface area contributed by atoms with Gasteiger partial charge in [0.05, 0.1) is 5.56 Å². The van der Waals surface area contributed by atoms with Crippen LogP contribution in [0.2, 0.25) is 0 Å². The van der Waals surface area contributed by atoms with Gasteiger partial charge in [-0.25, -0.2) is 8.78 Å². The molecule has 3 heterocycles. The fourth-order valence-corrected chi connectivity index (χ4v) is 5.04. The van der Waals surface area contributed by atoms with Gasteiger partial charge in [-0.05, 0) is 73.2 Å². The first kappa shape index (κ1) is 15.3.